The number of alkyl halides is 1. The Balaban J connectivity index is 2.14. The minimum absolute atomic E-state index is 0.0714. The third-order valence-electron chi connectivity index (χ3n) is 3.47. The quantitative estimate of drug-likeness (QED) is 0.786. The molecule has 106 valence electrons. The van der Waals surface area contributed by atoms with Gasteiger partial charge in [0.05, 0.1) is 6.20 Å². The Morgan fingerprint density at radius 3 is 2.58 bits per heavy atom. The summed E-state index contributed by atoms with van der Waals surface area (Å²) in [6, 6.07) is 1.02. The Labute approximate surface area is 121 Å². The van der Waals surface area contributed by atoms with Crippen molar-refractivity contribution >= 4 is 26.0 Å². The van der Waals surface area contributed by atoms with E-state index in [4.69, 9.17) is 0 Å². The van der Waals surface area contributed by atoms with E-state index < -0.39 is 15.8 Å². The summed E-state index contributed by atoms with van der Waals surface area (Å²) in [5, 5.41) is 0. The van der Waals surface area contributed by atoms with Crippen LogP contribution in [0.3, 0.4) is 0 Å². The second kappa shape index (κ2) is 5.85. The van der Waals surface area contributed by atoms with Crippen LogP contribution >= 0.6 is 15.9 Å². The lowest BCUT2D eigenvalue weighted by Gasteiger charge is -2.32. The van der Waals surface area contributed by atoms with Crippen LogP contribution in [0.5, 0.6) is 0 Å². The average molecular weight is 351 g/mol. The van der Waals surface area contributed by atoms with Crippen molar-refractivity contribution in [2.24, 2.45) is 5.92 Å². The van der Waals surface area contributed by atoms with Gasteiger partial charge in [0.15, 0.2) is 0 Å². The molecule has 1 fully saturated rings. The summed E-state index contributed by atoms with van der Waals surface area (Å²) in [6.45, 7) is 3.02. The van der Waals surface area contributed by atoms with Gasteiger partial charge in [-0.2, -0.15) is 4.31 Å². The second-order valence-electron chi connectivity index (χ2n) is 4.76. The maximum Gasteiger partial charge on any atom is 0.244 e. The van der Waals surface area contributed by atoms with Gasteiger partial charge in [-0.25, -0.2) is 12.8 Å². The highest BCUT2D eigenvalue weighted by atomic mass is 79.9. The van der Waals surface area contributed by atoms with Crippen LogP contribution in [-0.4, -0.2) is 35.6 Å². The van der Waals surface area contributed by atoms with Crippen LogP contribution in [0.15, 0.2) is 23.4 Å². The number of nitrogens with zero attached hydrogens (tertiary/aromatic N) is 2. The first-order valence-electron chi connectivity index (χ1n) is 6.16. The number of hydrogen-bond acceptors (Lipinski definition) is 3. The Hall–Kier alpha value is -0.530. The van der Waals surface area contributed by atoms with Crippen molar-refractivity contribution in [3.8, 4) is 0 Å². The van der Waals surface area contributed by atoms with Crippen molar-refractivity contribution < 1.29 is 12.8 Å². The van der Waals surface area contributed by atoms with Gasteiger partial charge in [-0.15, -0.1) is 0 Å². The van der Waals surface area contributed by atoms with Gasteiger partial charge in [0.25, 0.3) is 0 Å². The summed E-state index contributed by atoms with van der Waals surface area (Å²) in [6.07, 6.45) is 3.82. The number of pyridine rings is 1. The first-order valence-corrected chi connectivity index (χ1v) is 8.51. The molecule has 7 heteroatoms. The molecule has 4 nitrogen and oxygen atoms in total. The predicted molar refractivity (Wildman–Crippen MR) is 74.1 cm³/mol. The molecule has 0 radical (unpaired) electrons. The lowest BCUT2D eigenvalue weighted by molar-refractivity contribution is 0.274. The van der Waals surface area contributed by atoms with Crippen LogP contribution in [-0.2, 0) is 10.0 Å². The Morgan fingerprint density at radius 1 is 1.42 bits per heavy atom. The van der Waals surface area contributed by atoms with Crippen LogP contribution in [0.25, 0.3) is 0 Å². The first kappa shape index (κ1) is 14.9. The number of sulfonamides is 1. The zero-order chi connectivity index (χ0) is 14.0. The molecule has 0 aromatic carbocycles. The van der Waals surface area contributed by atoms with Gasteiger partial charge in [-0.05, 0) is 24.8 Å². The molecule has 2 rings (SSSR count). The van der Waals surface area contributed by atoms with E-state index in [-0.39, 0.29) is 4.90 Å². The number of halogens is 2. The highest BCUT2D eigenvalue weighted by Gasteiger charge is 2.31. The summed E-state index contributed by atoms with van der Waals surface area (Å²) in [4.78, 5) is 3.91. The molecule has 1 unspecified atom stereocenters. The van der Waals surface area contributed by atoms with E-state index in [1.165, 1.54) is 10.5 Å². The van der Waals surface area contributed by atoms with Crippen LogP contribution < -0.4 is 0 Å². The van der Waals surface area contributed by atoms with E-state index in [0.29, 0.717) is 23.8 Å². The van der Waals surface area contributed by atoms with Gasteiger partial charge >= 0.3 is 0 Å². The summed E-state index contributed by atoms with van der Waals surface area (Å²) < 4.78 is 39.1. The summed E-state index contributed by atoms with van der Waals surface area (Å²) >= 11 is 3.53. The van der Waals surface area contributed by atoms with Crippen molar-refractivity contribution in [1.82, 2.24) is 9.29 Å². The highest BCUT2D eigenvalue weighted by Crippen LogP contribution is 2.28. The molecule has 1 aliphatic heterocycles. The van der Waals surface area contributed by atoms with E-state index in [0.717, 1.165) is 25.1 Å². The Bertz CT molecular complexity index is 542. The van der Waals surface area contributed by atoms with E-state index in [1.807, 2.05) is 0 Å². The molecule has 2 heterocycles. The van der Waals surface area contributed by atoms with Gasteiger partial charge in [0.2, 0.25) is 10.0 Å². The van der Waals surface area contributed by atoms with Gasteiger partial charge < -0.3 is 0 Å². The highest BCUT2D eigenvalue weighted by molar-refractivity contribution is 9.09. The van der Waals surface area contributed by atoms with Gasteiger partial charge in [0.1, 0.15) is 10.7 Å². The third kappa shape index (κ3) is 3.32. The molecule has 0 N–H and O–H groups in total. The molecule has 1 saturated heterocycles. The largest absolute Gasteiger partial charge is 0.260 e. The molecule has 0 aliphatic carbocycles. The second-order valence-corrected chi connectivity index (χ2v) is 8.14. The van der Waals surface area contributed by atoms with Crippen LogP contribution in [0.4, 0.5) is 4.39 Å². The fraction of sp³-hybridized carbons (Fsp3) is 0.583. The molecule has 1 atom stereocenters. The van der Waals surface area contributed by atoms with Gasteiger partial charge in [-0.1, -0.05) is 22.9 Å². The molecule has 1 aromatic rings. The molecule has 0 spiro atoms. The predicted octanol–water partition coefficient (Wildman–Crippen LogP) is 2.40. The molecular formula is C12H16BrFN2O2S. The van der Waals surface area contributed by atoms with Crippen molar-refractivity contribution in [2.45, 2.75) is 29.5 Å². The summed E-state index contributed by atoms with van der Waals surface area (Å²) in [5.74, 6) is -0.151. The maximum absolute atomic E-state index is 13.1. The molecule has 0 saturated carbocycles. The van der Waals surface area contributed by atoms with Crippen LogP contribution in [0.1, 0.15) is 19.8 Å². The van der Waals surface area contributed by atoms with Crippen molar-refractivity contribution in [1.29, 1.82) is 0 Å². The normalized spacial score (nSPS) is 20.4. The van der Waals surface area contributed by atoms with Gasteiger partial charge in [-0.3, -0.25) is 4.98 Å². The smallest absolute Gasteiger partial charge is 0.244 e. The van der Waals surface area contributed by atoms with Crippen molar-refractivity contribution in [3.63, 3.8) is 0 Å². The third-order valence-corrected chi connectivity index (χ3v) is 6.08. The fourth-order valence-corrected chi connectivity index (χ4v) is 4.23. The van der Waals surface area contributed by atoms with E-state index in [2.05, 4.69) is 27.8 Å². The number of rotatable bonds is 3. The van der Waals surface area contributed by atoms with Crippen LogP contribution in [0.2, 0.25) is 0 Å². The van der Waals surface area contributed by atoms with E-state index in [9.17, 15) is 12.8 Å². The number of piperidine rings is 1. The SMILES string of the molecule is CC(Br)C1CCN(S(=O)(=O)c2cncc(F)c2)CC1. The first-order chi connectivity index (χ1) is 8.91. The lowest BCUT2D eigenvalue weighted by atomic mass is 9.96. The van der Waals surface area contributed by atoms with Gasteiger partial charge in [0, 0.05) is 24.1 Å². The Morgan fingerprint density at radius 2 is 2.05 bits per heavy atom. The molecule has 1 aromatic heterocycles. The molecule has 1 aliphatic rings. The molecule has 19 heavy (non-hydrogen) atoms. The molecule has 0 amide bonds. The monoisotopic (exact) mass is 350 g/mol. The van der Waals surface area contributed by atoms with E-state index in [1.54, 1.807) is 0 Å². The van der Waals surface area contributed by atoms with Crippen molar-refractivity contribution in [3.05, 3.63) is 24.3 Å². The Kier molecular flexibility index (Phi) is 4.58. The fourth-order valence-electron chi connectivity index (χ4n) is 2.26. The average Bonchev–Trinajstić information content (AvgIpc) is 2.39. The summed E-state index contributed by atoms with van der Waals surface area (Å²) in [5.41, 5.74) is 0. The maximum atomic E-state index is 13.1. The van der Waals surface area contributed by atoms with E-state index >= 15 is 0 Å². The molecule has 0 bridgehead atoms. The minimum Gasteiger partial charge on any atom is -0.260 e. The number of aromatic nitrogens is 1. The topological polar surface area (TPSA) is 50.3 Å². The standard InChI is InChI=1S/C12H16BrFN2O2S/c1-9(13)10-2-4-16(5-3-10)19(17,18)12-6-11(14)7-15-8-12/h6-10H,2-5H2,1H3. The molecular weight excluding hydrogens is 335 g/mol. The minimum atomic E-state index is -3.62. The summed E-state index contributed by atoms with van der Waals surface area (Å²) in [7, 11) is -3.62. The zero-order valence-corrected chi connectivity index (χ0v) is 13.0. The van der Waals surface area contributed by atoms with Crippen LogP contribution in [0, 0.1) is 11.7 Å². The zero-order valence-electron chi connectivity index (χ0n) is 10.6. The lowest BCUT2D eigenvalue weighted by Crippen LogP contribution is -2.39. The van der Waals surface area contributed by atoms with Crippen molar-refractivity contribution in [2.75, 3.05) is 13.1 Å². The number of hydrogen-bond donors (Lipinski definition) is 0.